The number of hydrogen-bond donors (Lipinski definition) is 2. The van der Waals surface area contributed by atoms with Crippen molar-refractivity contribution in [2.45, 2.75) is 20.8 Å². The molecule has 0 unspecified atom stereocenters. The highest BCUT2D eigenvalue weighted by Crippen LogP contribution is 2.34. The van der Waals surface area contributed by atoms with Crippen molar-refractivity contribution in [3.8, 4) is 17.2 Å². The lowest BCUT2D eigenvalue weighted by atomic mass is 10.2. The first-order valence-electron chi connectivity index (χ1n) is 10.9. The molecule has 34 heavy (non-hydrogen) atoms. The number of amides is 1. The van der Waals surface area contributed by atoms with Crippen LogP contribution in [0, 0.1) is 13.8 Å². The van der Waals surface area contributed by atoms with Crippen molar-refractivity contribution >= 4 is 23.8 Å². The standard InChI is InChI=1S/C25H26N4O5/c1-4-32-25(31)18-5-8-21(9-6-18)29-16(2)11-19(17(29)3)13-27-28-24(30)14-26-20-7-10-22-23(12-20)34-15-33-22/h5-13,26H,4,14-15H2,1-3H3,(H,28,30)/b27-13-. The fraction of sp³-hybridized carbons (Fsp3) is 0.240. The van der Waals surface area contributed by atoms with Crippen LogP contribution in [-0.2, 0) is 9.53 Å². The van der Waals surface area contributed by atoms with Gasteiger partial charge < -0.3 is 24.1 Å². The molecule has 2 heterocycles. The van der Waals surface area contributed by atoms with Crippen molar-refractivity contribution in [3.63, 3.8) is 0 Å². The number of rotatable bonds is 8. The van der Waals surface area contributed by atoms with E-state index in [-0.39, 0.29) is 25.2 Å². The minimum absolute atomic E-state index is 0.0584. The number of anilines is 1. The quantitative estimate of drug-likeness (QED) is 0.301. The number of nitrogens with zero attached hydrogens (tertiary/aromatic N) is 2. The highest BCUT2D eigenvalue weighted by atomic mass is 16.7. The van der Waals surface area contributed by atoms with Gasteiger partial charge in [0.1, 0.15) is 0 Å². The maximum absolute atomic E-state index is 12.2. The summed E-state index contributed by atoms with van der Waals surface area (Å²) in [5.41, 5.74) is 7.53. The molecule has 9 heteroatoms. The van der Waals surface area contributed by atoms with E-state index in [0.717, 1.165) is 28.3 Å². The van der Waals surface area contributed by atoms with Crippen LogP contribution >= 0.6 is 0 Å². The Morgan fingerprint density at radius 1 is 1.09 bits per heavy atom. The highest BCUT2D eigenvalue weighted by Gasteiger charge is 2.14. The molecule has 0 radical (unpaired) electrons. The van der Waals surface area contributed by atoms with Gasteiger partial charge in [0.05, 0.1) is 24.9 Å². The van der Waals surface area contributed by atoms with Gasteiger partial charge in [-0.1, -0.05) is 0 Å². The zero-order chi connectivity index (χ0) is 24.1. The summed E-state index contributed by atoms with van der Waals surface area (Å²) in [5, 5.41) is 7.13. The molecule has 2 N–H and O–H groups in total. The zero-order valence-electron chi connectivity index (χ0n) is 19.3. The summed E-state index contributed by atoms with van der Waals surface area (Å²) in [4.78, 5) is 24.0. The van der Waals surface area contributed by atoms with Crippen LogP contribution in [0.15, 0.2) is 53.6 Å². The van der Waals surface area contributed by atoms with Crippen molar-refractivity contribution in [2.24, 2.45) is 5.10 Å². The van der Waals surface area contributed by atoms with Crippen LogP contribution in [0.25, 0.3) is 5.69 Å². The molecule has 1 amide bonds. The third kappa shape index (κ3) is 5.03. The van der Waals surface area contributed by atoms with E-state index in [9.17, 15) is 9.59 Å². The average Bonchev–Trinajstić information content (AvgIpc) is 3.41. The highest BCUT2D eigenvalue weighted by molar-refractivity contribution is 5.89. The van der Waals surface area contributed by atoms with Gasteiger partial charge in [-0.3, -0.25) is 4.79 Å². The fourth-order valence-electron chi connectivity index (χ4n) is 3.68. The number of nitrogens with one attached hydrogen (secondary N) is 2. The van der Waals surface area contributed by atoms with Crippen LogP contribution in [-0.4, -0.2) is 42.6 Å². The minimum atomic E-state index is -0.341. The van der Waals surface area contributed by atoms with E-state index in [2.05, 4.69) is 20.4 Å². The van der Waals surface area contributed by atoms with Gasteiger partial charge in [0.25, 0.3) is 5.91 Å². The molecule has 9 nitrogen and oxygen atoms in total. The molecule has 0 atom stereocenters. The van der Waals surface area contributed by atoms with Gasteiger partial charge in [-0.25, -0.2) is 10.2 Å². The average molecular weight is 463 g/mol. The summed E-state index contributed by atoms with van der Waals surface area (Å²) in [7, 11) is 0. The van der Waals surface area contributed by atoms with Crippen LogP contribution in [0.4, 0.5) is 5.69 Å². The maximum atomic E-state index is 12.2. The third-order valence-electron chi connectivity index (χ3n) is 5.33. The first kappa shape index (κ1) is 22.9. The van der Waals surface area contributed by atoms with Gasteiger partial charge in [0, 0.05) is 34.4 Å². The molecule has 0 saturated heterocycles. The molecule has 1 aromatic heterocycles. The van der Waals surface area contributed by atoms with Crippen molar-refractivity contribution < 1.29 is 23.8 Å². The Labute approximate surface area is 197 Å². The van der Waals surface area contributed by atoms with E-state index in [0.29, 0.717) is 23.7 Å². The van der Waals surface area contributed by atoms with Crippen LogP contribution < -0.4 is 20.2 Å². The monoisotopic (exact) mass is 462 g/mol. The van der Waals surface area contributed by atoms with Crippen LogP contribution in [0.1, 0.15) is 34.2 Å². The SMILES string of the molecule is CCOC(=O)c1ccc(-n2c(C)cc(/C=N\NC(=O)CNc3ccc4c(c3)OCO4)c2C)cc1. The van der Waals surface area contributed by atoms with Gasteiger partial charge in [0.2, 0.25) is 6.79 Å². The number of benzene rings is 2. The van der Waals surface area contributed by atoms with Gasteiger partial charge in [-0.15, -0.1) is 0 Å². The lowest BCUT2D eigenvalue weighted by Crippen LogP contribution is -2.25. The smallest absolute Gasteiger partial charge is 0.338 e. The number of fused-ring (bicyclic) bond motifs is 1. The summed E-state index contributed by atoms with van der Waals surface area (Å²) in [6, 6.07) is 14.6. The minimum Gasteiger partial charge on any atom is -0.462 e. The number of ether oxygens (including phenoxy) is 3. The van der Waals surface area contributed by atoms with E-state index in [4.69, 9.17) is 14.2 Å². The topological polar surface area (TPSA) is 103 Å². The molecule has 2 aromatic carbocycles. The van der Waals surface area contributed by atoms with Gasteiger partial charge in [-0.2, -0.15) is 5.10 Å². The number of hydrogen-bond acceptors (Lipinski definition) is 7. The van der Waals surface area contributed by atoms with E-state index in [1.807, 2.05) is 38.1 Å². The summed E-state index contributed by atoms with van der Waals surface area (Å²) in [5.74, 6) is 0.713. The van der Waals surface area contributed by atoms with Crippen molar-refractivity contribution in [1.29, 1.82) is 0 Å². The lowest BCUT2D eigenvalue weighted by molar-refractivity contribution is -0.119. The Morgan fingerprint density at radius 2 is 1.85 bits per heavy atom. The molecular formula is C25H26N4O5. The second-order valence-corrected chi connectivity index (χ2v) is 7.64. The van der Waals surface area contributed by atoms with Crippen molar-refractivity contribution in [1.82, 2.24) is 9.99 Å². The number of aryl methyl sites for hydroxylation is 1. The molecule has 1 aliphatic rings. The molecule has 0 aliphatic carbocycles. The number of carbonyl (C=O) groups excluding carboxylic acids is 2. The molecule has 0 fully saturated rings. The van der Waals surface area contributed by atoms with Crippen LogP contribution in [0.2, 0.25) is 0 Å². The largest absolute Gasteiger partial charge is 0.462 e. The lowest BCUT2D eigenvalue weighted by Gasteiger charge is -2.10. The summed E-state index contributed by atoms with van der Waals surface area (Å²) in [6.45, 7) is 6.33. The summed E-state index contributed by atoms with van der Waals surface area (Å²) < 4.78 is 17.7. The first-order valence-corrected chi connectivity index (χ1v) is 10.9. The molecule has 4 rings (SSSR count). The molecule has 0 saturated carbocycles. The fourth-order valence-corrected chi connectivity index (χ4v) is 3.68. The molecule has 3 aromatic rings. The second-order valence-electron chi connectivity index (χ2n) is 7.64. The predicted octanol–water partition coefficient (Wildman–Crippen LogP) is 3.56. The zero-order valence-corrected chi connectivity index (χ0v) is 19.3. The number of esters is 1. The normalized spacial score (nSPS) is 12.1. The van der Waals surface area contributed by atoms with E-state index >= 15 is 0 Å². The van der Waals surface area contributed by atoms with Crippen molar-refractivity contribution in [2.75, 3.05) is 25.3 Å². The van der Waals surface area contributed by atoms with E-state index in [1.165, 1.54) is 0 Å². The Morgan fingerprint density at radius 3 is 2.62 bits per heavy atom. The molecule has 0 spiro atoms. The Balaban J connectivity index is 1.36. The van der Waals surface area contributed by atoms with Gasteiger partial charge in [0.15, 0.2) is 11.5 Å². The van der Waals surface area contributed by atoms with Gasteiger partial charge >= 0.3 is 5.97 Å². The molecule has 176 valence electrons. The Hall–Kier alpha value is -4.27. The summed E-state index contributed by atoms with van der Waals surface area (Å²) >= 11 is 0. The predicted molar refractivity (Wildman–Crippen MR) is 128 cm³/mol. The number of aromatic nitrogens is 1. The van der Waals surface area contributed by atoms with E-state index < -0.39 is 0 Å². The summed E-state index contributed by atoms with van der Waals surface area (Å²) in [6.07, 6.45) is 1.62. The van der Waals surface area contributed by atoms with Crippen molar-refractivity contribution in [3.05, 3.63) is 71.0 Å². The van der Waals surface area contributed by atoms with E-state index in [1.54, 1.807) is 37.4 Å². The second kappa shape index (κ2) is 10.1. The number of hydrazone groups is 1. The molecule has 1 aliphatic heterocycles. The Kier molecular flexibility index (Phi) is 6.82. The number of carbonyl (C=O) groups is 2. The van der Waals surface area contributed by atoms with Gasteiger partial charge in [-0.05, 0) is 63.2 Å². The molecule has 0 bridgehead atoms. The molecular weight excluding hydrogens is 436 g/mol. The Bertz CT molecular complexity index is 1230. The first-order chi connectivity index (χ1) is 16.5. The van der Waals surface area contributed by atoms with Crippen LogP contribution in [0.3, 0.4) is 0 Å². The third-order valence-corrected chi connectivity index (χ3v) is 5.33. The van der Waals surface area contributed by atoms with Crippen LogP contribution in [0.5, 0.6) is 11.5 Å². The maximum Gasteiger partial charge on any atom is 0.338 e.